The van der Waals surface area contributed by atoms with Crippen molar-refractivity contribution < 1.29 is 0 Å². The average molecular weight is 233 g/mol. The highest BCUT2D eigenvalue weighted by molar-refractivity contribution is 5.48. The van der Waals surface area contributed by atoms with Gasteiger partial charge in [-0.05, 0) is 31.9 Å². The molecule has 1 aliphatic rings. The SMILES string of the molecule is CNCc1cccnc1N(CC(C)C)C1CC1. The Balaban J connectivity index is 2.21. The van der Waals surface area contributed by atoms with Crippen LogP contribution in [0, 0.1) is 5.92 Å². The lowest BCUT2D eigenvalue weighted by atomic mass is 10.1. The fourth-order valence-corrected chi connectivity index (χ4v) is 2.21. The molecule has 1 aliphatic carbocycles. The zero-order valence-corrected chi connectivity index (χ0v) is 11.1. The first-order chi connectivity index (χ1) is 8.22. The Morgan fingerprint density at radius 1 is 1.47 bits per heavy atom. The largest absolute Gasteiger partial charge is 0.353 e. The Labute approximate surface area is 104 Å². The lowest BCUT2D eigenvalue weighted by Crippen LogP contribution is -2.32. The van der Waals surface area contributed by atoms with Gasteiger partial charge in [-0.1, -0.05) is 19.9 Å². The van der Waals surface area contributed by atoms with Gasteiger partial charge in [-0.2, -0.15) is 0 Å². The monoisotopic (exact) mass is 233 g/mol. The van der Waals surface area contributed by atoms with Crippen molar-refractivity contribution in [2.75, 3.05) is 18.5 Å². The number of pyridine rings is 1. The molecule has 0 atom stereocenters. The van der Waals surface area contributed by atoms with E-state index in [0.717, 1.165) is 19.1 Å². The van der Waals surface area contributed by atoms with Crippen molar-refractivity contribution >= 4 is 5.82 Å². The van der Waals surface area contributed by atoms with Crippen LogP contribution in [0.2, 0.25) is 0 Å². The van der Waals surface area contributed by atoms with Gasteiger partial charge in [0.15, 0.2) is 0 Å². The summed E-state index contributed by atoms with van der Waals surface area (Å²) in [6.07, 6.45) is 4.55. The first kappa shape index (κ1) is 12.4. The molecule has 94 valence electrons. The van der Waals surface area contributed by atoms with Crippen LogP contribution in [-0.4, -0.2) is 24.6 Å². The third-order valence-corrected chi connectivity index (χ3v) is 3.06. The minimum Gasteiger partial charge on any atom is -0.353 e. The lowest BCUT2D eigenvalue weighted by molar-refractivity contribution is 0.599. The maximum atomic E-state index is 4.60. The summed E-state index contributed by atoms with van der Waals surface area (Å²) in [6.45, 7) is 6.55. The van der Waals surface area contributed by atoms with E-state index in [0.29, 0.717) is 5.92 Å². The van der Waals surface area contributed by atoms with Crippen molar-refractivity contribution in [1.29, 1.82) is 0 Å². The van der Waals surface area contributed by atoms with Gasteiger partial charge in [0, 0.05) is 30.9 Å². The fraction of sp³-hybridized carbons (Fsp3) is 0.643. The number of nitrogens with one attached hydrogen (secondary N) is 1. The maximum absolute atomic E-state index is 4.60. The number of hydrogen-bond acceptors (Lipinski definition) is 3. The van der Waals surface area contributed by atoms with E-state index in [1.54, 1.807) is 0 Å². The standard InChI is InChI=1S/C14H23N3/c1-11(2)10-17(13-6-7-13)14-12(9-15-3)5-4-8-16-14/h4-5,8,11,13,15H,6-7,9-10H2,1-3H3. The van der Waals surface area contributed by atoms with Crippen LogP contribution >= 0.6 is 0 Å². The molecule has 1 fully saturated rings. The second kappa shape index (κ2) is 5.50. The molecule has 3 nitrogen and oxygen atoms in total. The molecule has 0 saturated heterocycles. The molecule has 3 heteroatoms. The van der Waals surface area contributed by atoms with E-state index in [1.165, 1.54) is 24.2 Å². The molecule has 1 aromatic heterocycles. The molecule has 1 N–H and O–H groups in total. The third-order valence-electron chi connectivity index (χ3n) is 3.06. The van der Waals surface area contributed by atoms with Crippen LogP contribution in [0.15, 0.2) is 18.3 Å². The normalized spacial score (nSPS) is 15.3. The molecule has 0 spiro atoms. The van der Waals surface area contributed by atoms with Gasteiger partial charge < -0.3 is 10.2 Å². The van der Waals surface area contributed by atoms with Crippen molar-refractivity contribution in [1.82, 2.24) is 10.3 Å². The van der Waals surface area contributed by atoms with Crippen LogP contribution in [0.3, 0.4) is 0 Å². The summed E-state index contributed by atoms with van der Waals surface area (Å²) < 4.78 is 0. The highest BCUT2D eigenvalue weighted by atomic mass is 15.2. The minimum atomic E-state index is 0.681. The molecule has 17 heavy (non-hydrogen) atoms. The van der Waals surface area contributed by atoms with Gasteiger partial charge in [0.25, 0.3) is 0 Å². The van der Waals surface area contributed by atoms with Gasteiger partial charge in [-0.3, -0.25) is 0 Å². The minimum absolute atomic E-state index is 0.681. The van der Waals surface area contributed by atoms with E-state index >= 15 is 0 Å². The molecular formula is C14H23N3. The summed E-state index contributed by atoms with van der Waals surface area (Å²) in [5, 5.41) is 3.23. The molecule has 2 rings (SSSR count). The predicted octanol–water partition coefficient (Wildman–Crippen LogP) is 2.43. The summed E-state index contributed by atoms with van der Waals surface area (Å²) in [4.78, 5) is 7.10. The summed E-state index contributed by atoms with van der Waals surface area (Å²) in [6, 6.07) is 4.92. The molecule has 0 radical (unpaired) electrons. The van der Waals surface area contributed by atoms with Crippen LogP contribution in [0.5, 0.6) is 0 Å². The van der Waals surface area contributed by atoms with Gasteiger partial charge in [0.05, 0.1) is 0 Å². The quantitative estimate of drug-likeness (QED) is 0.818. The summed E-state index contributed by atoms with van der Waals surface area (Å²) in [5.74, 6) is 1.86. The molecule has 1 saturated carbocycles. The van der Waals surface area contributed by atoms with E-state index in [1.807, 2.05) is 19.3 Å². The molecule has 0 aliphatic heterocycles. The van der Waals surface area contributed by atoms with E-state index in [9.17, 15) is 0 Å². The van der Waals surface area contributed by atoms with E-state index < -0.39 is 0 Å². The second-order valence-electron chi connectivity index (χ2n) is 5.29. The van der Waals surface area contributed by atoms with E-state index in [4.69, 9.17) is 0 Å². The Hall–Kier alpha value is -1.09. The zero-order valence-electron chi connectivity index (χ0n) is 11.1. The van der Waals surface area contributed by atoms with Crippen molar-refractivity contribution in [3.05, 3.63) is 23.9 Å². The second-order valence-corrected chi connectivity index (χ2v) is 5.29. The van der Waals surface area contributed by atoms with Gasteiger partial charge in [0.1, 0.15) is 5.82 Å². The topological polar surface area (TPSA) is 28.2 Å². The molecule has 1 aromatic rings. The Kier molecular flexibility index (Phi) is 4.00. The van der Waals surface area contributed by atoms with Gasteiger partial charge in [-0.15, -0.1) is 0 Å². The van der Waals surface area contributed by atoms with Crippen molar-refractivity contribution in [2.24, 2.45) is 5.92 Å². The lowest BCUT2D eigenvalue weighted by Gasteiger charge is -2.27. The molecule has 0 bridgehead atoms. The van der Waals surface area contributed by atoms with Crippen LogP contribution < -0.4 is 10.2 Å². The number of hydrogen-bond donors (Lipinski definition) is 1. The van der Waals surface area contributed by atoms with Crippen molar-refractivity contribution in [3.8, 4) is 0 Å². The molecular weight excluding hydrogens is 210 g/mol. The molecule has 0 unspecified atom stereocenters. The highest BCUT2D eigenvalue weighted by Crippen LogP contribution is 2.32. The smallest absolute Gasteiger partial charge is 0.133 e. The fourth-order valence-electron chi connectivity index (χ4n) is 2.21. The molecule has 1 heterocycles. The number of rotatable bonds is 6. The predicted molar refractivity (Wildman–Crippen MR) is 72.2 cm³/mol. The number of aromatic nitrogens is 1. The van der Waals surface area contributed by atoms with E-state index in [-0.39, 0.29) is 0 Å². The number of nitrogens with zero attached hydrogens (tertiary/aromatic N) is 2. The average Bonchev–Trinajstić information content (AvgIpc) is 3.11. The molecule has 0 aromatic carbocycles. The van der Waals surface area contributed by atoms with Gasteiger partial charge in [0.2, 0.25) is 0 Å². The summed E-state index contributed by atoms with van der Waals surface area (Å²) in [7, 11) is 1.99. The first-order valence-electron chi connectivity index (χ1n) is 6.57. The van der Waals surface area contributed by atoms with Crippen LogP contribution in [0.1, 0.15) is 32.3 Å². The Bertz CT molecular complexity index is 358. The van der Waals surface area contributed by atoms with Gasteiger partial charge >= 0.3 is 0 Å². The third kappa shape index (κ3) is 3.19. The highest BCUT2D eigenvalue weighted by Gasteiger charge is 2.31. The number of anilines is 1. The Morgan fingerprint density at radius 3 is 2.82 bits per heavy atom. The summed E-state index contributed by atoms with van der Waals surface area (Å²) >= 11 is 0. The van der Waals surface area contributed by atoms with Crippen LogP contribution in [0.4, 0.5) is 5.82 Å². The maximum Gasteiger partial charge on any atom is 0.133 e. The first-order valence-corrected chi connectivity index (χ1v) is 6.57. The zero-order chi connectivity index (χ0) is 12.3. The van der Waals surface area contributed by atoms with Crippen molar-refractivity contribution in [2.45, 2.75) is 39.3 Å². The van der Waals surface area contributed by atoms with Gasteiger partial charge in [-0.25, -0.2) is 4.98 Å². The van der Waals surface area contributed by atoms with Crippen LogP contribution in [0.25, 0.3) is 0 Å². The Morgan fingerprint density at radius 2 is 2.24 bits per heavy atom. The summed E-state index contributed by atoms with van der Waals surface area (Å²) in [5.41, 5.74) is 1.31. The van der Waals surface area contributed by atoms with E-state index in [2.05, 4.69) is 35.1 Å². The van der Waals surface area contributed by atoms with Crippen molar-refractivity contribution in [3.63, 3.8) is 0 Å². The molecule has 0 amide bonds. The van der Waals surface area contributed by atoms with Crippen LogP contribution in [-0.2, 0) is 6.54 Å².